The molecular formula is C17H23IN2OSSi. The molecule has 0 saturated heterocycles. The zero-order valence-electron chi connectivity index (χ0n) is 14.1. The third kappa shape index (κ3) is 3.43. The van der Waals surface area contributed by atoms with Crippen LogP contribution in [0.15, 0.2) is 31.4 Å². The summed E-state index contributed by atoms with van der Waals surface area (Å²) in [6.45, 7) is 7.33. The van der Waals surface area contributed by atoms with Gasteiger partial charge < -0.3 is 9.33 Å². The van der Waals surface area contributed by atoms with Crippen LogP contribution in [-0.2, 0) is 4.43 Å². The van der Waals surface area contributed by atoms with Crippen molar-refractivity contribution in [2.24, 2.45) is 0 Å². The number of halogens is 1. The van der Waals surface area contributed by atoms with Crippen LogP contribution in [0.1, 0.15) is 19.3 Å². The lowest BCUT2D eigenvalue weighted by atomic mass is 9.91. The molecule has 124 valence electrons. The summed E-state index contributed by atoms with van der Waals surface area (Å²) < 4.78 is 7.38. The quantitative estimate of drug-likeness (QED) is 0.450. The Morgan fingerprint density at radius 2 is 2.22 bits per heavy atom. The van der Waals surface area contributed by atoms with Gasteiger partial charge in [0.2, 0.25) is 0 Å². The molecule has 23 heavy (non-hydrogen) atoms. The molecule has 3 rings (SSSR count). The van der Waals surface area contributed by atoms with Crippen LogP contribution in [0.5, 0.6) is 0 Å². The van der Waals surface area contributed by atoms with Crippen LogP contribution in [0, 0.1) is 11.3 Å². The summed E-state index contributed by atoms with van der Waals surface area (Å²) in [7, 11) is 0.325. The molecule has 0 aromatic rings. The molecular weight excluding hydrogens is 435 g/mol. The fourth-order valence-corrected chi connectivity index (χ4v) is 7.14. The van der Waals surface area contributed by atoms with Gasteiger partial charge in [0.15, 0.2) is 14.4 Å². The molecule has 0 fully saturated rings. The highest BCUT2D eigenvalue weighted by Crippen LogP contribution is 2.53. The minimum Gasteiger partial charge on any atom is -0.398 e. The van der Waals surface area contributed by atoms with Gasteiger partial charge in [-0.3, -0.25) is 0 Å². The maximum Gasteiger partial charge on any atom is 0.186 e. The van der Waals surface area contributed by atoms with Gasteiger partial charge in [0.1, 0.15) is 0 Å². The Balaban J connectivity index is 1.98. The van der Waals surface area contributed by atoms with Crippen molar-refractivity contribution in [3.05, 3.63) is 31.4 Å². The molecule has 0 N–H and O–H groups in total. The predicted octanol–water partition coefficient (Wildman–Crippen LogP) is 4.80. The van der Waals surface area contributed by atoms with E-state index in [4.69, 9.17) is 4.43 Å². The molecule has 6 heteroatoms. The van der Waals surface area contributed by atoms with Crippen molar-refractivity contribution in [2.75, 3.05) is 13.6 Å². The van der Waals surface area contributed by atoms with Gasteiger partial charge in [0.25, 0.3) is 0 Å². The van der Waals surface area contributed by atoms with Crippen LogP contribution < -0.4 is 0 Å². The Hall–Kier alpha value is -0.233. The topological polar surface area (TPSA) is 36.3 Å². The lowest BCUT2D eigenvalue weighted by Crippen LogP contribution is -2.39. The molecule has 2 heterocycles. The molecule has 0 aromatic heterocycles. The second kappa shape index (κ2) is 6.58. The van der Waals surface area contributed by atoms with Crippen LogP contribution in [0.3, 0.4) is 0 Å². The third-order valence-electron chi connectivity index (χ3n) is 4.33. The second-order valence-electron chi connectivity index (χ2n) is 7.30. The summed E-state index contributed by atoms with van der Waals surface area (Å²) in [6, 6.07) is 2.39. The molecule has 2 unspecified atom stereocenters. The van der Waals surface area contributed by atoms with Gasteiger partial charge in [-0.2, -0.15) is 5.26 Å². The Morgan fingerprint density at radius 1 is 1.48 bits per heavy atom. The average Bonchev–Trinajstić information content (AvgIpc) is 2.84. The van der Waals surface area contributed by atoms with Crippen LogP contribution in [0.25, 0.3) is 0 Å². The maximum atomic E-state index is 9.67. The van der Waals surface area contributed by atoms with Crippen molar-refractivity contribution in [1.29, 1.82) is 5.26 Å². The number of thioether (sulfide) groups is 1. The molecule has 0 saturated carbocycles. The average molecular weight is 458 g/mol. The summed E-state index contributed by atoms with van der Waals surface area (Å²) >= 11 is 4.43. The monoisotopic (exact) mass is 458 g/mol. The zero-order valence-corrected chi connectivity index (χ0v) is 18.1. The standard InChI is InChI=1S/C17H23IN2OSSi/c1-20-10-12-11-7-5-6-8-14(11)22-17(12)15(18)16(20)13(9-19)21-23(2,3)4/h7,13-14H,5-6,8,10H2,1-4H3. The van der Waals surface area contributed by atoms with Gasteiger partial charge in [-0.1, -0.05) is 6.08 Å². The number of rotatable bonds is 3. The van der Waals surface area contributed by atoms with Gasteiger partial charge in [-0.05, 0) is 72.6 Å². The SMILES string of the molecule is CN1CC2=C(SC3CCCC=C23)C(I)=C1C(C#N)O[Si](C)(C)C. The molecule has 0 spiro atoms. The summed E-state index contributed by atoms with van der Waals surface area (Å²) in [5, 5.41) is 10.3. The van der Waals surface area contributed by atoms with Crippen LogP contribution in [0.2, 0.25) is 19.6 Å². The van der Waals surface area contributed by atoms with E-state index in [1.807, 2.05) is 11.8 Å². The zero-order chi connectivity index (χ0) is 16.8. The van der Waals surface area contributed by atoms with Gasteiger partial charge in [-0.15, -0.1) is 11.8 Å². The lowest BCUT2D eigenvalue weighted by molar-refractivity contribution is 0.237. The molecule has 0 amide bonds. The van der Waals surface area contributed by atoms with Crippen molar-refractivity contribution in [3.8, 4) is 6.07 Å². The molecule has 3 aliphatic rings. The van der Waals surface area contributed by atoms with Crippen LogP contribution in [0.4, 0.5) is 0 Å². The molecule has 0 bridgehead atoms. The van der Waals surface area contributed by atoms with E-state index in [2.05, 4.69) is 66.3 Å². The first-order chi connectivity index (χ1) is 10.8. The minimum absolute atomic E-state index is 0.454. The predicted molar refractivity (Wildman–Crippen MR) is 108 cm³/mol. The van der Waals surface area contributed by atoms with E-state index < -0.39 is 14.4 Å². The van der Waals surface area contributed by atoms with Crippen LogP contribution >= 0.6 is 34.4 Å². The largest absolute Gasteiger partial charge is 0.398 e. The van der Waals surface area contributed by atoms with E-state index in [0.717, 1.165) is 12.2 Å². The van der Waals surface area contributed by atoms with Crippen molar-refractivity contribution in [3.63, 3.8) is 0 Å². The first-order valence-corrected chi connectivity index (χ1v) is 13.5. The number of fused-ring (bicyclic) bond motifs is 2. The fourth-order valence-electron chi connectivity index (χ4n) is 3.40. The molecule has 3 nitrogen and oxygen atoms in total. The molecule has 2 aliphatic heterocycles. The Bertz CT molecular complexity index is 656. The molecule has 0 radical (unpaired) electrons. The Kier molecular flexibility index (Phi) is 5.03. The second-order valence-corrected chi connectivity index (χ2v) is 14.1. The number of nitriles is 1. The Labute approximate surface area is 158 Å². The smallest absolute Gasteiger partial charge is 0.186 e. The first-order valence-electron chi connectivity index (χ1n) is 8.10. The lowest BCUT2D eigenvalue weighted by Gasteiger charge is -2.34. The van der Waals surface area contributed by atoms with Gasteiger partial charge >= 0.3 is 0 Å². The number of likely N-dealkylation sites (N-methyl/N-ethyl adjacent to an activating group) is 1. The number of nitrogens with zero attached hydrogens (tertiary/aromatic N) is 2. The summed E-state index contributed by atoms with van der Waals surface area (Å²) in [5.41, 5.74) is 4.09. The van der Waals surface area contributed by atoms with Crippen molar-refractivity contribution < 1.29 is 4.43 Å². The normalized spacial score (nSPS) is 25.8. The van der Waals surface area contributed by atoms with E-state index in [1.165, 1.54) is 33.3 Å². The van der Waals surface area contributed by atoms with E-state index in [9.17, 15) is 5.26 Å². The maximum absolute atomic E-state index is 9.67. The first kappa shape index (κ1) is 17.6. The van der Waals surface area contributed by atoms with E-state index in [0.29, 0.717) is 5.25 Å². The van der Waals surface area contributed by atoms with E-state index >= 15 is 0 Å². The highest BCUT2D eigenvalue weighted by Gasteiger charge is 2.39. The van der Waals surface area contributed by atoms with E-state index in [1.54, 1.807) is 5.57 Å². The van der Waals surface area contributed by atoms with E-state index in [-0.39, 0.29) is 0 Å². The van der Waals surface area contributed by atoms with Crippen molar-refractivity contribution in [2.45, 2.75) is 50.3 Å². The number of hydrogen-bond donors (Lipinski definition) is 0. The van der Waals surface area contributed by atoms with Gasteiger partial charge in [0.05, 0.1) is 11.8 Å². The summed E-state index contributed by atoms with van der Waals surface area (Å²) in [6.07, 6.45) is 5.76. The highest BCUT2D eigenvalue weighted by molar-refractivity contribution is 14.1. The van der Waals surface area contributed by atoms with Crippen molar-refractivity contribution in [1.82, 2.24) is 4.90 Å². The highest BCUT2D eigenvalue weighted by atomic mass is 127. The molecule has 0 aromatic carbocycles. The number of allylic oxidation sites excluding steroid dienone is 2. The van der Waals surface area contributed by atoms with Crippen LogP contribution in [-0.4, -0.2) is 38.2 Å². The summed E-state index contributed by atoms with van der Waals surface area (Å²) in [5.74, 6) is 0. The molecule has 1 aliphatic carbocycles. The number of hydrogen-bond acceptors (Lipinski definition) is 4. The van der Waals surface area contributed by atoms with Gasteiger partial charge in [0, 0.05) is 27.3 Å². The van der Waals surface area contributed by atoms with Crippen molar-refractivity contribution >= 4 is 42.7 Å². The minimum atomic E-state index is -1.77. The fraction of sp³-hybridized carbons (Fsp3) is 0.588. The third-order valence-corrected chi connectivity index (χ3v) is 8.19. The molecule has 2 atom stereocenters. The summed E-state index contributed by atoms with van der Waals surface area (Å²) in [4.78, 5) is 3.63. The Morgan fingerprint density at radius 3 is 2.87 bits per heavy atom. The van der Waals surface area contributed by atoms with Gasteiger partial charge in [-0.25, -0.2) is 0 Å².